The van der Waals surface area contributed by atoms with Gasteiger partial charge in [0, 0.05) is 6.04 Å². The lowest BCUT2D eigenvalue weighted by Gasteiger charge is -1.98. The molecule has 0 radical (unpaired) electrons. The molecule has 0 amide bonds. The van der Waals surface area contributed by atoms with Crippen LogP contribution in [0.15, 0.2) is 60.7 Å². The smallest absolute Gasteiger partial charge is 0.0579 e. The van der Waals surface area contributed by atoms with Crippen LogP contribution in [0.2, 0.25) is 0 Å². The number of hydrogen-bond donors (Lipinski definition) is 2. The topological polar surface area (TPSA) is 46.2 Å². The molecule has 2 heteroatoms. The second-order valence-corrected chi connectivity index (χ2v) is 3.89. The van der Waals surface area contributed by atoms with Crippen LogP contribution >= 0.6 is 0 Å². The van der Waals surface area contributed by atoms with Crippen molar-refractivity contribution < 1.29 is 5.11 Å². The zero-order chi connectivity index (χ0) is 12.5. The highest BCUT2D eigenvalue weighted by atomic mass is 16.3. The van der Waals surface area contributed by atoms with Gasteiger partial charge in [0.15, 0.2) is 0 Å². The third kappa shape index (κ3) is 5.29. The molecule has 0 saturated heterocycles. The van der Waals surface area contributed by atoms with Gasteiger partial charge >= 0.3 is 0 Å². The maximum Gasteiger partial charge on any atom is 0.0579 e. The van der Waals surface area contributed by atoms with E-state index in [-0.39, 0.29) is 12.6 Å². The van der Waals surface area contributed by atoms with Crippen molar-refractivity contribution in [2.45, 2.75) is 13.0 Å². The van der Waals surface area contributed by atoms with E-state index in [4.69, 9.17) is 10.8 Å². The number of aliphatic hydroxyl groups is 1. The van der Waals surface area contributed by atoms with Crippen molar-refractivity contribution in [3.05, 3.63) is 60.7 Å². The molecule has 0 aliphatic heterocycles. The van der Waals surface area contributed by atoms with Crippen LogP contribution in [0.5, 0.6) is 0 Å². The third-order valence-corrected chi connectivity index (χ3v) is 2.17. The predicted octanol–water partition coefficient (Wildman–Crippen LogP) is 2.68. The molecule has 0 spiro atoms. The summed E-state index contributed by atoms with van der Waals surface area (Å²) in [6.45, 7) is 1.83. The van der Waals surface area contributed by atoms with Gasteiger partial charge < -0.3 is 10.8 Å². The van der Waals surface area contributed by atoms with E-state index in [1.165, 1.54) is 11.1 Å². The summed E-state index contributed by atoms with van der Waals surface area (Å²) in [5.41, 5.74) is 7.59. The van der Waals surface area contributed by atoms with Crippen LogP contribution < -0.4 is 5.73 Å². The number of aliphatic hydroxyl groups excluding tert-OH is 1. The van der Waals surface area contributed by atoms with Crippen LogP contribution in [-0.4, -0.2) is 17.8 Å². The Morgan fingerprint density at radius 1 is 0.882 bits per heavy atom. The maximum absolute atomic E-state index is 8.02. The molecule has 1 atom stereocenters. The summed E-state index contributed by atoms with van der Waals surface area (Å²) in [5, 5.41) is 8.02. The second kappa shape index (κ2) is 7.60. The fraction of sp³-hybridized carbons (Fsp3) is 0.200. The maximum atomic E-state index is 8.02. The van der Waals surface area contributed by atoms with Gasteiger partial charge in [0.05, 0.1) is 6.61 Å². The summed E-state index contributed by atoms with van der Waals surface area (Å²) in [7, 11) is 0. The highest BCUT2D eigenvalue weighted by Gasteiger charge is 1.91. The Kier molecular flexibility index (Phi) is 6.00. The van der Waals surface area contributed by atoms with E-state index in [1.807, 2.05) is 12.1 Å². The van der Waals surface area contributed by atoms with Crippen molar-refractivity contribution in [2.24, 2.45) is 5.73 Å². The first-order chi connectivity index (χ1) is 8.24. The van der Waals surface area contributed by atoms with Crippen LogP contribution in [0.3, 0.4) is 0 Å². The monoisotopic (exact) mass is 229 g/mol. The first kappa shape index (κ1) is 13.4. The van der Waals surface area contributed by atoms with Gasteiger partial charge in [-0.05, 0) is 18.1 Å². The second-order valence-electron chi connectivity index (χ2n) is 3.89. The normalized spacial score (nSPS) is 11.2. The van der Waals surface area contributed by atoms with Crippen LogP contribution in [0.4, 0.5) is 0 Å². The summed E-state index contributed by atoms with van der Waals surface area (Å²) in [6, 6.07) is 20.7. The first-order valence-corrected chi connectivity index (χ1v) is 5.71. The van der Waals surface area contributed by atoms with Crippen LogP contribution in [-0.2, 0) is 0 Å². The molecule has 17 heavy (non-hydrogen) atoms. The summed E-state index contributed by atoms with van der Waals surface area (Å²) in [4.78, 5) is 0. The Hall–Kier alpha value is -1.64. The lowest BCUT2D eigenvalue weighted by atomic mass is 10.1. The first-order valence-electron chi connectivity index (χ1n) is 5.71. The molecule has 0 bridgehead atoms. The van der Waals surface area contributed by atoms with E-state index in [1.54, 1.807) is 6.92 Å². The summed E-state index contributed by atoms with van der Waals surface area (Å²) >= 11 is 0. The lowest BCUT2D eigenvalue weighted by molar-refractivity contribution is 0.273. The fourth-order valence-corrected chi connectivity index (χ4v) is 1.26. The number of benzene rings is 2. The Morgan fingerprint density at radius 2 is 1.18 bits per heavy atom. The highest BCUT2D eigenvalue weighted by Crippen LogP contribution is 2.17. The fourth-order valence-electron chi connectivity index (χ4n) is 1.26. The molecule has 2 aromatic rings. The molecule has 90 valence electrons. The quantitative estimate of drug-likeness (QED) is 0.831. The van der Waals surface area contributed by atoms with E-state index >= 15 is 0 Å². The minimum Gasteiger partial charge on any atom is -0.395 e. The van der Waals surface area contributed by atoms with Crippen LogP contribution in [0.1, 0.15) is 6.92 Å². The van der Waals surface area contributed by atoms with Crippen molar-refractivity contribution in [1.82, 2.24) is 0 Å². The number of nitrogens with two attached hydrogens (primary N) is 1. The molecule has 0 aromatic heterocycles. The highest BCUT2D eigenvalue weighted by molar-refractivity contribution is 5.62. The van der Waals surface area contributed by atoms with Crippen molar-refractivity contribution in [3.63, 3.8) is 0 Å². The molecule has 0 fully saturated rings. The average molecular weight is 229 g/mol. The molecule has 3 N–H and O–H groups in total. The van der Waals surface area contributed by atoms with E-state index < -0.39 is 0 Å². The van der Waals surface area contributed by atoms with Gasteiger partial charge in [-0.15, -0.1) is 0 Å². The molecular formula is C15H19NO. The predicted molar refractivity (Wildman–Crippen MR) is 72.6 cm³/mol. The van der Waals surface area contributed by atoms with Gasteiger partial charge in [-0.1, -0.05) is 60.7 Å². The van der Waals surface area contributed by atoms with Crippen LogP contribution in [0.25, 0.3) is 11.1 Å². The molecule has 0 saturated carbocycles. The van der Waals surface area contributed by atoms with E-state index in [0.29, 0.717) is 0 Å². The summed E-state index contributed by atoms with van der Waals surface area (Å²) < 4.78 is 0. The summed E-state index contributed by atoms with van der Waals surface area (Å²) in [6.07, 6.45) is 0. The minimum absolute atomic E-state index is 0.0602. The van der Waals surface area contributed by atoms with Gasteiger partial charge in [-0.3, -0.25) is 0 Å². The molecule has 2 nitrogen and oxygen atoms in total. The molecule has 0 aliphatic carbocycles. The van der Waals surface area contributed by atoms with Gasteiger partial charge in [-0.25, -0.2) is 0 Å². The van der Waals surface area contributed by atoms with Crippen molar-refractivity contribution >= 4 is 0 Å². The Labute approximate surface area is 103 Å². The number of rotatable bonds is 2. The largest absolute Gasteiger partial charge is 0.395 e. The number of hydrogen-bond acceptors (Lipinski definition) is 2. The minimum atomic E-state index is -0.0602. The molecule has 2 rings (SSSR count). The zero-order valence-electron chi connectivity index (χ0n) is 10.1. The van der Waals surface area contributed by atoms with Crippen molar-refractivity contribution in [1.29, 1.82) is 0 Å². The standard InChI is InChI=1S/C12H10.C3H9NO/c1-3-7-11(8-4-1)12-9-5-2-6-10-12;1-3(4)2-5/h1-10H;3,5H,2,4H2,1H3. The third-order valence-electron chi connectivity index (χ3n) is 2.17. The molecular weight excluding hydrogens is 210 g/mol. The van der Waals surface area contributed by atoms with Gasteiger partial charge in [0.1, 0.15) is 0 Å². The lowest BCUT2D eigenvalue weighted by Crippen LogP contribution is -2.18. The van der Waals surface area contributed by atoms with Gasteiger partial charge in [0.25, 0.3) is 0 Å². The Bertz CT molecular complexity index is 360. The Balaban J connectivity index is 0.000000249. The Morgan fingerprint density at radius 3 is 1.41 bits per heavy atom. The van der Waals surface area contributed by atoms with Crippen molar-refractivity contribution in [2.75, 3.05) is 6.61 Å². The molecule has 0 heterocycles. The average Bonchev–Trinajstić information content (AvgIpc) is 2.41. The van der Waals surface area contributed by atoms with E-state index in [2.05, 4.69) is 48.5 Å². The van der Waals surface area contributed by atoms with Gasteiger partial charge in [0.2, 0.25) is 0 Å². The summed E-state index contributed by atoms with van der Waals surface area (Å²) in [5.74, 6) is 0. The molecule has 2 aromatic carbocycles. The SMILES string of the molecule is CC(N)CO.c1ccc(-c2ccccc2)cc1. The zero-order valence-corrected chi connectivity index (χ0v) is 10.1. The molecule has 1 unspecified atom stereocenters. The van der Waals surface area contributed by atoms with E-state index in [9.17, 15) is 0 Å². The van der Waals surface area contributed by atoms with Gasteiger partial charge in [-0.2, -0.15) is 0 Å². The van der Waals surface area contributed by atoms with Crippen molar-refractivity contribution in [3.8, 4) is 11.1 Å². The van der Waals surface area contributed by atoms with E-state index in [0.717, 1.165) is 0 Å². The molecule has 0 aliphatic rings. The van der Waals surface area contributed by atoms with Crippen LogP contribution in [0, 0.1) is 0 Å².